The Bertz CT molecular complexity index is 1140. The molecule has 0 amide bonds. The van der Waals surface area contributed by atoms with Gasteiger partial charge in [-0.05, 0) is 30.3 Å². The summed E-state index contributed by atoms with van der Waals surface area (Å²) in [7, 11) is -2.69. The van der Waals surface area contributed by atoms with Gasteiger partial charge < -0.3 is 9.15 Å². The third-order valence-corrected chi connectivity index (χ3v) is 5.21. The fraction of sp³-hybridized carbons (Fsp3) is 0.0588. The maximum atomic E-state index is 12.7. The molecule has 3 rings (SSSR count). The zero-order valence-electron chi connectivity index (χ0n) is 12.5. The molecule has 0 bridgehead atoms. The Kier molecular flexibility index (Phi) is 3.83. The second-order valence-corrected chi connectivity index (χ2v) is 6.84. The first-order valence-electron chi connectivity index (χ1n) is 6.83. The number of hydrogen-bond donors (Lipinski definition) is 0. The summed E-state index contributed by atoms with van der Waals surface area (Å²) in [6.07, 6.45) is 0. The van der Waals surface area contributed by atoms with Crippen molar-refractivity contribution in [2.75, 3.05) is 7.11 Å². The van der Waals surface area contributed by atoms with Crippen molar-refractivity contribution in [2.24, 2.45) is 0 Å². The summed E-state index contributed by atoms with van der Waals surface area (Å²) in [5.41, 5.74) is -0.632. The molecular formula is C17H11NO5S. The van der Waals surface area contributed by atoms with Gasteiger partial charge in [0.1, 0.15) is 0 Å². The minimum Gasteiger partial charge on any atom is -0.493 e. The Morgan fingerprint density at radius 2 is 1.88 bits per heavy atom. The van der Waals surface area contributed by atoms with E-state index in [1.807, 2.05) is 6.07 Å². The van der Waals surface area contributed by atoms with Crippen LogP contribution in [0.15, 0.2) is 67.5 Å². The first-order valence-corrected chi connectivity index (χ1v) is 8.32. The van der Waals surface area contributed by atoms with Crippen LogP contribution in [0.1, 0.15) is 5.56 Å². The molecule has 0 fully saturated rings. The van der Waals surface area contributed by atoms with E-state index in [4.69, 9.17) is 14.4 Å². The van der Waals surface area contributed by atoms with Gasteiger partial charge in [0.05, 0.1) is 23.6 Å². The zero-order chi connectivity index (χ0) is 17.3. The van der Waals surface area contributed by atoms with E-state index < -0.39 is 20.4 Å². The second-order valence-electron chi connectivity index (χ2n) is 4.92. The van der Waals surface area contributed by atoms with Gasteiger partial charge in [0, 0.05) is 5.39 Å². The first-order chi connectivity index (χ1) is 11.5. The minimum atomic E-state index is -4.11. The normalized spacial score (nSPS) is 11.2. The van der Waals surface area contributed by atoms with E-state index in [-0.39, 0.29) is 16.0 Å². The van der Waals surface area contributed by atoms with Crippen LogP contribution >= 0.6 is 0 Å². The van der Waals surface area contributed by atoms with Crippen molar-refractivity contribution < 1.29 is 17.6 Å². The predicted octanol–water partition coefficient (Wildman–Crippen LogP) is 2.51. The number of hydrogen-bond acceptors (Lipinski definition) is 6. The van der Waals surface area contributed by atoms with Gasteiger partial charge in [-0.15, -0.1) is 0 Å². The summed E-state index contributed by atoms with van der Waals surface area (Å²) in [5.74, 6) is 0.333. The molecule has 120 valence electrons. The van der Waals surface area contributed by atoms with Crippen LogP contribution in [-0.2, 0) is 9.84 Å². The predicted molar refractivity (Wildman–Crippen MR) is 85.6 cm³/mol. The summed E-state index contributed by atoms with van der Waals surface area (Å²) in [6.45, 7) is 0. The van der Waals surface area contributed by atoms with Crippen molar-refractivity contribution in [1.29, 1.82) is 5.26 Å². The molecule has 7 heteroatoms. The quantitative estimate of drug-likeness (QED) is 0.679. The topological polar surface area (TPSA) is 97.4 Å². The summed E-state index contributed by atoms with van der Waals surface area (Å²) in [5, 5.41) is 9.33. The van der Waals surface area contributed by atoms with Crippen molar-refractivity contribution >= 4 is 20.8 Å². The SMILES string of the molecule is COc1cccc2cc(S(=O)(=O)c3cccc(C#N)c3)c(=O)oc12. The van der Waals surface area contributed by atoms with E-state index in [0.29, 0.717) is 11.1 Å². The van der Waals surface area contributed by atoms with Gasteiger partial charge in [0.15, 0.2) is 16.2 Å². The van der Waals surface area contributed by atoms with Crippen molar-refractivity contribution in [3.8, 4) is 11.8 Å². The summed E-state index contributed by atoms with van der Waals surface area (Å²) < 4.78 is 35.7. The molecule has 0 spiro atoms. The number of nitrogens with zero attached hydrogens (tertiary/aromatic N) is 1. The van der Waals surface area contributed by atoms with Crippen LogP contribution in [0, 0.1) is 11.3 Å². The second kappa shape index (κ2) is 5.83. The Labute approximate surface area is 137 Å². The lowest BCUT2D eigenvalue weighted by atomic mass is 10.2. The van der Waals surface area contributed by atoms with Crippen molar-refractivity contribution in [1.82, 2.24) is 0 Å². The lowest BCUT2D eigenvalue weighted by Gasteiger charge is -2.07. The van der Waals surface area contributed by atoms with Crippen LogP contribution in [0.4, 0.5) is 0 Å². The van der Waals surface area contributed by atoms with Crippen LogP contribution < -0.4 is 10.4 Å². The molecule has 1 heterocycles. The maximum absolute atomic E-state index is 12.7. The molecule has 0 N–H and O–H groups in total. The van der Waals surface area contributed by atoms with Crippen molar-refractivity contribution in [2.45, 2.75) is 9.79 Å². The Morgan fingerprint density at radius 3 is 2.58 bits per heavy atom. The van der Waals surface area contributed by atoms with E-state index >= 15 is 0 Å². The lowest BCUT2D eigenvalue weighted by molar-refractivity contribution is 0.405. The van der Waals surface area contributed by atoms with Gasteiger partial charge >= 0.3 is 5.63 Å². The highest BCUT2D eigenvalue weighted by Crippen LogP contribution is 2.27. The molecule has 0 atom stereocenters. The molecule has 0 unspecified atom stereocenters. The first kappa shape index (κ1) is 15.8. The molecule has 0 saturated heterocycles. The highest BCUT2D eigenvalue weighted by Gasteiger charge is 2.24. The van der Waals surface area contributed by atoms with Gasteiger partial charge in [-0.3, -0.25) is 0 Å². The number of fused-ring (bicyclic) bond motifs is 1. The zero-order valence-corrected chi connectivity index (χ0v) is 13.3. The number of rotatable bonds is 3. The third-order valence-electron chi connectivity index (χ3n) is 3.47. The van der Waals surface area contributed by atoms with E-state index in [1.54, 1.807) is 18.2 Å². The number of benzene rings is 2. The van der Waals surface area contributed by atoms with Crippen LogP contribution in [0.25, 0.3) is 11.0 Å². The molecule has 6 nitrogen and oxygen atoms in total. The van der Waals surface area contributed by atoms with Gasteiger partial charge in [-0.1, -0.05) is 18.2 Å². The van der Waals surface area contributed by atoms with Crippen LogP contribution in [0.5, 0.6) is 5.75 Å². The van der Waals surface area contributed by atoms with Gasteiger partial charge in [0.25, 0.3) is 0 Å². The monoisotopic (exact) mass is 341 g/mol. The average molecular weight is 341 g/mol. The van der Waals surface area contributed by atoms with E-state index in [1.165, 1.54) is 37.4 Å². The van der Waals surface area contributed by atoms with Crippen molar-refractivity contribution in [3.63, 3.8) is 0 Å². The van der Waals surface area contributed by atoms with E-state index in [2.05, 4.69) is 0 Å². The molecule has 2 aromatic carbocycles. The standard InChI is InChI=1S/C17H11NO5S/c1-22-14-7-3-5-12-9-15(17(19)23-16(12)14)24(20,21)13-6-2-4-11(8-13)10-18/h2-9H,1H3. The van der Waals surface area contributed by atoms with E-state index in [0.717, 1.165) is 0 Å². The largest absolute Gasteiger partial charge is 0.493 e. The fourth-order valence-corrected chi connectivity index (χ4v) is 3.64. The van der Waals surface area contributed by atoms with Crippen LogP contribution in [0.3, 0.4) is 0 Å². The Balaban J connectivity index is 2.27. The Morgan fingerprint density at radius 1 is 1.12 bits per heavy atom. The van der Waals surface area contributed by atoms with Gasteiger partial charge in [0.2, 0.25) is 9.84 Å². The minimum absolute atomic E-state index is 0.143. The van der Waals surface area contributed by atoms with Crippen LogP contribution in [-0.4, -0.2) is 15.5 Å². The molecule has 0 radical (unpaired) electrons. The maximum Gasteiger partial charge on any atom is 0.355 e. The summed E-state index contributed by atoms with van der Waals surface area (Å²) in [4.78, 5) is 11.6. The number of sulfone groups is 1. The molecule has 1 aromatic heterocycles. The number of methoxy groups -OCH3 is 1. The molecular weight excluding hydrogens is 330 g/mol. The fourth-order valence-electron chi connectivity index (χ4n) is 2.31. The molecule has 0 saturated carbocycles. The molecule has 0 aliphatic carbocycles. The van der Waals surface area contributed by atoms with Crippen LogP contribution in [0.2, 0.25) is 0 Å². The number of nitriles is 1. The van der Waals surface area contributed by atoms with Gasteiger partial charge in [-0.25, -0.2) is 13.2 Å². The van der Waals surface area contributed by atoms with Gasteiger partial charge in [-0.2, -0.15) is 5.26 Å². The lowest BCUT2D eigenvalue weighted by Crippen LogP contribution is -2.14. The average Bonchev–Trinajstić information content (AvgIpc) is 2.60. The highest BCUT2D eigenvalue weighted by molar-refractivity contribution is 7.91. The number of para-hydroxylation sites is 1. The summed E-state index contributed by atoms with van der Waals surface area (Å²) >= 11 is 0. The third kappa shape index (κ3) is 2.53. The molecule has 3 aromatic rings. The number of ether oxygens (including phenoxy) is 1. The molecule has 0 aliphatic heterocycles. The molecule has 0 aliphatic rings. The molecule has 24 heavy (non-hydrogen) atoms. The smallest absolute Gasteiger partial charge is 0.355 e. The van der Waals surface area contributed by atoms with Crippen molar-refractivity contribution in [3.05, 3.63) is 64.5 Å². The Hall–Kier alpha value is -3.11. The summed E-state index contributed by atoms with van der Waals surface area (Å²) in [6, 6.07) is 13.5. The van der Waals surface area contributed by atoms with E-state index in [9.17, 15) is 13.2 Å². The highest BCUT2D eigenvalue weighted by atomic mass is 32.2.